The summed E-state index contributed by atoms with van der Waals surface area (Å²) in [7, 11) is 0. The zero-order valence-corrected chi connectivity index (χ0v) is 50.9. The van der Waals surface area contributed by atoms with Crippen molar-refractivity contribution >= 4 is 17.9 Å². The normalized spacial score (nSPS) is 12.9. The van der Waals surface area contributed by atoms with Crippen molar-refractivity contribution in [3.8, 4) is 0 Å². The SMILES string of the molecule is CC/C=C\C/C=C\C/C=C\C/C=C\C/C=C\C/C=C\C/C=C\CCCCCC(=O)OCC(COC(=O)CCCCCCC/C=C\CCCCC)OC(=O)CCCCCCCCCCCCC/C=C\C/C=C\CCCCCCC. The fourth-order valence-electron chi connectivity index (χ4n) is 8.80. The van der Waals surface area contributed by atoms with Crippen LogP contribution >= 0.6 is 0 Å². The van der Waals surface area contributed by atoms with Crippen molar-refractivity contribution in [3.05, 3.63) is 122 Å². The Morgan fingerprint density at radius 2 is 0.500 bits per heavy atom. The first-order chi connectivity index (χ1) is 38.5. The Labute approximate surface area is 482 Å². The van der Waals surface area contributed by atoms with Gasteiger partial charge in [-0.1, -0.05) is 264 Å². The molecule has 0 amide bonds. The summed E-state index contributed by atoms with van der Waals surface area (Å²) in [6.45, 7) is 6.47. The molecule has 0 bridgehead atoms. The van der Waals surface area contributed by atoms with E-state index in [0.29, 0.717) is 19.3 Å². The van der Waals surface area contributed by atoms with E-state index in [1.54, 1.807) is 0 Å². The quantitative estimate of drug-likeness (QED) is 0.0261. The second kappa shape index (κ2) is 65.3. The van der Waals surface area contributed by atoms with Crippen LogP contribution in [0.3, 0.4) is 0 Å². The smallest absolute Gasteiger partial charge is 0.306 e. The van der Waals surface area contributed by atoms with Crippen LogP contribution in [-0.2, 0) is 28.6 Å². The standard InChI is InChI=1S/C72H120O6/c1-4-7-10-13-16-19-22-25-27-29-31-33-35-36-38-39-41-43-45-47-50-53-56-59-62-65-71(74)77-68-69(67-76-70(73)64-61-58-55-52-49-24-21-18-15-12-9-6-3)78-72(75)66-63-60-57-54-51-48-46-44-42-40-37-34-32-30-28-26-23-20-17-14-11-8-5-2/h7,10,16,18-19,21,23,25-27,30-33,36,38,41,43,47,50,69H,4-6,8-9,11-15,17,20,22,24,28-29,34-35,37,39-40,42,44-46,48-49,51-68H2,1-3H3/b10-7-,19-16-,21-18-,26-23-,27-25-,32-30-,33-31-,38-36-,43-41-,50-47-. The van der Waals surface area contributed by atoms with Crippen LogP contribution in [0, 0.1) is 0 Å². The van der Waals surface area contributed by atoms with Crippen molar-refractivity contribution in [2.75, 3.05) is 13.2 Å². The van der Waals surface area contributed by atoms with Crippen molar-refractivity contribution in [1.82, 2.24) is 0 Å². The number of carbonyl (C=O) groups excluding carboxylic acids is 3. The van der Waals surface area contributed by atoms with E-state index < -0.39 is 6.10 Å². The highest BCUT2D eigenvalue weighted by Crippen LogP contribution is 2.15. The molecule has 78 heavy (non-hydrogen) atoms. The number of ether oxygens (including phenoxy) is 3. The summed E-state index contributed by atoms with van der Waals surface area (Å²) < 4.78 is 16.9. The van der Waals surface area contributed by atoms with Gasteiger partial charge in [-0.15, -0.1) is 0 Å². The van der Waals surface area contributed by atoms with Crippen LogP contribution in [0.5, 0.6) is 0 Å². The molecule has 0 aromatic rings. The van der Waals surface area contributed by atoms with Crippen LogP contribution in [0.15, 0.2) is 122 Å². The van der Waals surface area contributed by atoms with Crippen molar-refractivity contribution < 1.29 is 28.6 Å². The summed E-state index contributed by atoms with van der Waals surface area (Å²) in [5, 5.41) is 0. The van der Waals surface area contributed by atoms with Crippen LogP contribution in [0.25, 0.3) is 0 Å². The van der Waals surface area contributed by atoms with Crippen LogP contribution in [-0.4, -0.2) is 37.2 Å². The lowest BCUT2D eigenvalue weighted by atomic mass is 10.0. The van der Waals surface area contributed by atoms with Gasteiger partial charge in [-0.3, -0.25) is 14.4 Å². The van der Waals surface area contributed by atoms with E-state index in [0.717, 1.165) is 128 Å². The number of allylic oxidation sites excluding steroid dienone is 20. The molecule has 1 atom stereocenters. The predicted molar refractivity (Wildman–Crippen MR) is 339 cm³/mol. The largest absolute Gasteiger partial charge is 0.462 e. The minimum Gasteiger partial charge on any atom is -0.462 e. The molecule has 6 heteroatoms. The topological polar surface area (TPSA) is 78.9 Å². The zero-order chi connectivity index (χ0) is 56.4. The van der Waals surface area contributed by atoms with E-state index >= 15 is 0 Å². The van der Waals surface area contributed by atoms with Gasteiger partial charge >= 0.3 is 17.9 Å². The Kier molecular flexibility index (Phi) is 61.8. The van der Waals surface area contributed by atoms with Crippen LogP contribution in [0.1, 0.15) is 297 Å². The lowest BCUT2D eigenvalue weighted by Crippen LogP contribution is -2.30. The van der Waals surface area contributed by atoms with Crippen LogP contribution in [0.4, 0.5) is 0 Å². The number of hydrogen-bond donors (Lipinski definition) is 0. The second-order valence-electron chi connectivity index (χ2n) is 21.3. The Morgan fingerprint density at radius 1 is 0.269 bits per heavy atom. The number of rotatable bonds is 58. The Hall–Kier alpha value is -4.19. The van der Waals surface area contributed by atoms with Gasteiger partial charge in [0, 0.05) is 19.3 Å². The molecule has 1 unspecified atom stereocenters. The van der Waals surface area contributed by atoms with Gasteiger partial charge in [-0.05, 0) is 135 Å². The predicted octanol–water partition coefficient (Wildman–Crippen LogP) is 22.4. The van der Waals surface area contributed by atoms with Gasteiger partial charge in [0.15, 0.2) is 6.10 Å². The minimum absolute atomic E-state index is 0.0956. The molecule has 0 aliphatic carbocycles. The maximum absolute atomic E-state index is 12.9. The van der Waals surface area contributed by atoms with E-state index in [2.05, 4.69) is 142 Å². The van der Waals surface area contributed by atoms with Crippen molar-refractivity contribution in [3.63, 3.8) is 0 Å². The van der Waals surface area contributed by atoms with Gasteiger partial charge in [-0.2, -0.15) is 0 Å². The zero-order valence-electron chi connectivity index (χ0n) is 50.9. The molecule has 6 nitrogen and oxygen atoms in total. The van der Waals surface area contributed by atoms with E-state index in [-0.39, 0.29) is 31.1 Å². The minimum atomic E-state index is -0.801. The van der Waals surface area contributed by atoms with Crippen LogP contribution < -0.4 is 0 Å². The Bertz CT molecular complexity index is 1620. The van der Waals surface area contributed by atoms with E-state index in [4.69, 9.17) is 14.2 Å². The van der Waals surface area contributed by atoms with E-state index in [1.165, 1.54) is 128 Å². The molecule has 0 heterocycles. The number of unbranched alkanes of at least 4 members (excludes halogenated alkanes) is 27. The van der Waals surface area contributed by atoms with E-state index in [1.807, 2.05) is 0 Å². The van der Waals surface area contributed by atoms with Gasteiger partial charge in [0.2, 0.25) is 0 Å². The van der Waals surface area contributed by atoms with Crippen molar-refractivity contribution in [1.29, 1.82) is 0 Å². The first kappa shape index (κ1) is 73.8. The highest BCUT2D eigenvalue weighted by Gasteiger charge is 2.19. The summed E-state index contributed by atoms with van der Waals surface area (Å²) in [6.07, 6.45) is 90.6. The molecule has 0 saturated heterocycles. The molecule has 0 saturated carbocycles. The molecule has 0 rings (SSSR count). The molecule has 0 aromatic heterocycles. The molecular formula is C72H120O6. The highest BCUT2D eigenvalue weighted by molar-refractivity contribution is 5.71. The molecule has 0 aromatic carbocycles. The summed E-state index contributed by atoms with van der Waals surface area (Å²) in [6, 6.07) is 0. The monoisotopic (exact) mass is 1080 g/mol. The van der Waals surface area contributed by atoms with Gasteiger partial charge < -0.3 is 14.2 Å². The number of carbonyl (C=O) groups is 3. The molecule has 0 aliphatic heterocycles. The lowest BCUT2D eigenvalue weighted by molar-refractivity contribution is -0.167. The average molecular weight is 1080 g/mol. The second-order valence-corrected chi connectivity index (χ2v) is 21.3. The Morgan fingerprint density at radius 3 is 0.833 bits per heavy atom. The van der Waals surface area contributed by atoms with Gasteiger partial charge in [0.1, 0.15) is 13.2 Å². The van der Waals surface area contributed by atoms with Gasteiger partial charge in [0.25, 0.3) is 0 Å². The lowest BCUT2D eigenvalue weighted by Gasteiger charge is -2.18. The molecule has 0 N–H and O–H groups in total. The van der Waals surface area contributed by atoms with Gasteiger partial charge in [-0.25, -0.2) is 0 Å². The fourth-order valence-corrected chi connectivity index (χ4v) is 8.80. The first-order valence-electron chi connectivity index (χ1n) is 32.5. The third-order valence-electron chi connectivity index (χ3n) is 13.7. The van der Waals surface area contributed by atoms with Gasteiger partial charge in [0.05, 0.1) is 0 Å². The summed E-state index contributed by atoms with van der Waals surface area (Å²) in [5.41, 5.74) is 0. The summed E-state index contributed by atoms with van der Waals surface area (Å²) in [5.74, 6) is -0.936. The number of esters is 3. The highest BCUT2D eigenvalue weighted by atomic mass is 16.6. The van der Waals surface area contributed by atoms with Crippen molar-refractivity contribution in [2.45, 2.75) is 303 Å². The van der Waals surface area contributed by atoms with Crippen molar-refractivity contribution in [2.24, 2.45) is 0 Å². The van der Waals surface area contributed by atoms with E-state index in [9.17, 15) is 14.4 Å². The summed E-state index contributed by atoms with van der Waals surface area (Å²) >= 11 is 0. The maximum atomic E-state index is 12.9. The summed E-state index contributed by atoms with van der Waals surface area (Å²) in [4.78, 5) is 38.3. The third-order valence-corrected chi connectivity index (χ3v) is 13.7. The van der Waals surface area contributed by atoms with Crippen LogP contribution in [0.2, 0.25) is 0 Å². The average Bonchev–Trinajstić information content (AvgIpc) is 3.44. The fraction of sp³-hybridized carbons (Fsp3) is 0.681. The molecule has 444 valence electrons. The molecule has 0 radical (unpaired) electrons. The third kappa shape index (κ3) is 62.7. The maximum Gasteiger partial charge on any atom is 0.306 e. The molecule has 0 fully saturated rings. The molecule has 0 spiro atoms. The molecule has 0 aliphatic rings. The molecular weight excluding hydrogens is 961 g/mol. The number of hydrogen-bond acceptors (Lipinski definition) is 6. The first-order valence-corrected chi connectivity index (χ1v) is 32.5. The Balaban J connectivity index is 4.40.